The molecule has 2 nitrogen and oxygen atoms in total. The molecular weight excluding hydrogens is 224 g/mol. The van der Waals surface area contributed by atoms with Crippen LogP contribution in [0, 0.1) is 0 Å². The molecule has 0 aliphatic heterocycles. The van der Waals surface area contributed by atoms with E-state index in [1.807, 2.05) is 42.5 Å². The van der Waals surface area contributed by atoms with Gasteiger partial charge in [0.2, 0.25) is 5.43 Å². The van der Waals surface area contributed by atoms with Crippen LogP contribution in [0.4, 0.5) is 0 Å². The van der Waals surface area contributed by atoms with Gasteiger partial charge in [0, 0.05) is 0 Å². The summed E-state index contributed by atoms with van der Waals surface area (Å²) in [6.45, 7) is 2.11. The minimum atomic E-state index is 0.0795. The summed E-state index contributed by atoms with van der Waals surface area (Å²) in [5, 5.41) is 1.40. The number of benzene rings is 2. The van der Waals surface area contributed by atoms with Gasteiger partial charge in [-0.15, -0.1) is 0 Å². The maximum atomic E-state index is 12.5. The van der Waals surface area contributed by atoms with Gasteiger partial charge in [-0.2, -0.15) is 0 Å². The molecule has 3 aromatic rings. The normalized spacial score (nSPS) is 11.2. The molecule has 0 saturated heterocycles. The van der Waals surface area contributed by atoms with Gasteiger partial charge in [0.05, 0.1) is 10.8 Å². The largest absolute Gasteiger partial charge is 0.456 e. The van der Waals surface area contributed by atoms with E-state index < -0.39 is 0 Å². The van der Waals surface area contributed by atoms with Gasteiger partial charge in [-0.3, -0.25) is 4.79 Å². The van der Waals surface area contributed by atoms with Crippen molar-refractivity contribution >= 4 is 21.9 Å². The molecular formula is C16H14O2. The lowest BCUT2D eigenvalue weighted by molar-refractivity contribution is 0.659. The molecule has 18 heavy (non-hydrogen) atoms. The molecule has 1 heterocycles. The summed E-state index contributed by atoms with van der Waals surface area (Å²) in [7, 11) is 0. The van der Waals surface area contributed by atoms with Crippen molar-refractivity contribution in [3.63, 3.8) is 0 Å². The van der Waals surface area contributed by atoms with Crippen LogP contribution >= 0.6 is 0 Å². The number of para-hydroxylation sites is 1. The number of hydrogen-bond donors (Lipinski definition) is 0. The van der Waals surface area contributed by atoms with Gasteiger partial charge in [-0.1, -0.05) is 37.6 Å². The highest BCUT2D eigenvalue weighted by atomic mass is 16.3. The van der Waals surface area contributed by atoms with Crippen molar-refractivity contribution in [2.75, 3.05) is 0 Å². The van der Waals surface area contributed by atoms with E-state index >= 15 is 0 Å². The van der Waals surface area contributed by atoms with Crippen LogP contribution in [0.5, 0.6) is 0 Å². The van der Waals surface area contributed by atoms with E-state index in [1.54, 1.807) is 0 Å². The summed E-state index contributed by atoms with van der Waals surface area (Å²) in [4.78, 5) is 12.5. The Bertz CT molecular complexity index is 769. The predicted molar refractivity (Wildman–Crippen MR) is 74.0 cm³/mol. The Morgan fingerprint density at radius 1 is 1.00 bits per heavy atom. The van der Waals surface area contributed by atoms with Gasteiger partial charge < -0.3 is 4.42 Å². The molecule has 0 radical (unpaired) electrons. The second kappa shape index (κ2) is 4.30. The minimum Gasteiger partial charge on any atom is -0.456 e. The molecule has 0 bridgehead atoms. The van der Waals surface area contributed by atoms with E-state index in [2.05, 4.69) is 6.92 Å². The molecule has 1 aromatic heterocycles. The molecule has 3 rings (SSSR count). The van der Waals surface area contributed by atoms with E-state index in [1.165, 1.54) is 0 Å². The highest BCUT2D eigenvalue weighted by molar-refractivity contribution is 5.91. The van der Waals surface area contributed by atoms with Crippen molar-refractivity contribution in [3.05, 3.63) is 58.3 Å². The standard InChI is InChI=1S/C16H14O2/c1-2-6-11-7-5-10-14-15(11)16(17)12-8-3-4-9-13(12)18-14/h3-5,7-10H,2,6H2,1H3. The van der Waals surface area contributed by atoms with Gasteiger partial charge in [-0.05, 0) is 30.2 Å². The lowest BCUT2D eigenvalue weighted by Gasteiger charge is -2.05. The van der Waals surface area contributed by atoms with Crippen LogP contribution in [-0.2, 0) is 6.42 Å². The van der Waals surface area contributed by atoms with Gasteiger partial charge in [0.25, 0.3) is 0 Å². The number of hydrogen-bond acceptors (Lipinski definition) is 2. The Balaban J connectivity index is 2.49. The third kappa shape index (κ3) is 1.61. The summed E-state index contributed by atoms with van der Waals surface area (Å²) in [5.74, 6) is 0. The average Bonchev–Trinajstić information content (AvgIpc) is 2.39. The SMILES string of the molecule is CCCc1cccc2oc3ccccc3c(=O)c12. The first-order valence-corrected chi connectivity index (χ1v) is 6.24. The van der Waals surface area contributed by atoms with Crippen molar-refractivity contribution in [2.45, 2.75) is 19.8 Å². The zero-order valence-electron chi connectivity index (χ0n) is 10.3. The Hall–Kier alpha value is -2.09. The number of rotatable bonds is 2. The maximum Gasteiger partial charge on any atom is 0.200 e. The first-order chi connectivity index (χ1) is 8.81. The van der Waals surface area contributed by atoms with Crippen molar-refractivity contribution < 1.29 is 4.42 Å². The van der Waals surface area contributed by atoms with Crippen molar-refractivity contribution in [2.24, 2.45) is 0 Å². The minimum absolute atomic E-state index is 0.0795. The Morgan fingerprint density at radius 3 is 2.61 bits per heavy atom. The third-order valence-electron chi connectivity index (χ3n) is 3.21. The van der Waals surface area contributed by atoms with Gasteiger partial charge in [-0.25, -0.2) is 0 Å². The summed E-state index contributed by atoms with van der Waals surface area (Å²) in [6, 6.07) is 13.2. The lowest BCUT2D eigenvalue weighted by atomic mass is 10.0. The van der Waals surface area contributed by atoms with Gasteiger partial charge in [0.15, 0.2) is 0 Å². The molecule has 0 saturated carbocycles. The second-order valence-corrected chi connectivity index (χ2v) is 4.47. The predicted octanol–water partition coefficient (Wildman–Crippen LogP) is 3.90. The van der Waals surface area contributed by atoms with E-state index in [-0.39, 0.29) is 5.43 Å². The summed E-state index contributed by atoms with van der Waals surface area (Å²) in [6.07, 6.45) is 1.92. The second-order valence-electron chi connectivity index (χ2n) is 4.47. The fourth-order valence-electron chi connectivity index (χ4n) is 2.39. The Morgan fingerprint density at radius 2 is 1.78 bits per heavy atom. The van der Waals surface area contributed by atoms with E-state index in [0.717, 1.165) is 23.8 Å². The van der Waals surface area contributed by atoms with E-state index in [0.29, 0.717) is 16.6 Å². The fourth-order valence-corrected chi connectivity index (χ4v) is 2.39. The zero-order valence-corrected chi connectivity index (χ0v) is 10.3. The topological polar surface area (TPSA) is 30.2 Å². The van der Waals surface area contributed by atoms with Crippen LogP contribution in [0.2, 0.25) is 0 Å². The van der Waals surface area contributed by atoms with Crippen LogP contribution in [0.25, 0.3) is 21.9 Å². The average molecular weight is 238 g/mol. The zero-order chi connectivity index (χ0) is 12.5. The Labute approximate surface area is 105 Å². The molecule has 2 heteroatoms. The van der Waals surface area contributed by atoms with Gasteiger partial charge >= 0.3 is 0 Å². The smallest absolute Gasteiger partial charge is 0.200 e. The molecule has 0 unspecified atom stereocenters. The van der Waals surface area contributed by atoms with Crippen molar-refractivity contribution in [3.8, 4) is 0 Å². The van der Waals surface area contributed by atoms with Crippen molar-refractivity contribution in [1.82, 2.24) is 0 Å². The number of aryl methyl sites for hydroxylation is 1. The molecule has 0 atom stereocenters. The molecule has 0 aliphatic rings. The third-order valence-corrected chi connectivity index (χ3v) is 3.21. The quantitative estimate of drug-likeness (QED) is 0.634. The monoisotopic (exact) mass is 238 g/mol. The maximum absolute atomic E-state index is 12.5. The van der Waals surface area contributed by atoms with Crippen LogP contribution in [0.15, 0.2) is 51.7 Å². The molecule has 90 valence electrons. The highest BCUT2D eigenvalue weighted by Crippen LogP contribution is 2.21. The first kappa shape index (κ1) is 11.0. The van der Waals surface area contributed by atoms with E-state index in [9.17, 15) is 4.79 Å². The summed E-state index contributed by atoms with van der Waals surface area (Å²) >= 11 is 0. The Kier molecular flexibility index (Phi) is 2.63. The van der Waals surface area contributed by atoms with Crippen LogP contribution in [0.3, 0.4) is 0 Å². The molecule has 0 aliphatic carbocycles. The highest BCUT2D eigenvalue weighted by Gasteiger charge is 2.10. The molecule has 0 amide bonds. The molecule has 2 aromatic carbocycles. The molecule has 0 fully saturated rings. The summed E-state index contributed by atoms with van der Waals surface area (Å²) < 4.78 is 5.81. The lowest BCUT2D eigenvalue weighted by Crippen LogP contribution is -2.05. The fraction of sp³-hybridized carbons (Fsp3) is 0.188. The van der Waals surface area contributed by atoms with Gasteiger partial charge in [0.1, 0.15) is 11.2 Å². The van der Waals surface area contributed by atoms with Crippen molar-refractivity contribution in [1.29, 1.82) is 0 Å². The number of fused-ring (bicyclic) bond motifs is 2. The van der Waals surface area contributed by atoms with Crippen LogP contribution < -0.4 is 5.43 Å². The molecule has 0 N–H and O–H groups in total. The van der Waals surface area contributed by atoms with Crippen LogP contribution in [-0.4, -0.2) is 0 Å². The van der Waals surface area contributed by atoms with E-state index in [4.69, 9.17) is 4.42 Å². The first-order valence-electron chi connectivity index (χ1n) is 6.24. The molecule has 0 spiro atoms. The summed E-state index contributed by atoms with van der Waals surface area (Å²) in [5.41, 5.74) is 2.50. The van der Waals surface area contributed by atoms with Crippen LogP contribution in [0.1, 0.15) is 18.9 Å².